The predicted molar refractivity (Wildman–Crippen MR) is 232 cm³/mol. The van der Waals surface area contributed by atoms with Crippen LogP contribution in [0.3, 0.4) is 0 Å². The van der Waals surface area contributed by atoms with Crippen molar-refractivity contribution >= 4 is 11.9 Å². The highest BCUT2D eigenvalue weighted by atomic mass is 16.5. The standard InChI is InChI=1S/C48H95NO5/c1-6-9-12-15-18-22-29-38-46(51)53-44-35-26-19-24-31-40-49(42-33-34-43-50)41-32-25-23-30-39-48(4,5)47(52)54-45(36-27-20-16-13-10-7-2)37-28-21-17-14-11-8-3/h45,50H,6-44H2,1-5H3. The molecule has 0 saturated carbocycles. The lowest BCUT2D eigenvalue weighted by Gasteiger charge is -2.27. The molecule has 6 nitrogen and oxygen atoms in total. The van der Waals surface area contributed by atoms with Gasteiger partial charge < -0.3 is 19.5 Å². The molecule has 0 fully saturated rings. The minimum Gasteiger partial charge on any atom is -0.466 e. The number of aliphatic hydroxyl groups excluding tert-OH is 1. The molecule has 0 unspecified atom stereocenters. The van der Waals surface area contributed by atoms with Crippen LogP contribution in [0.5, 0.6) is 0 Å². The summed E-state index contributed by atoms with van der Waals surface area (Å²) in [4.78, 5) is 28.0. The number of hydrogen-bond acceptors (Lipinski definition) is 6. The van der Waals surface area contributed by atoms with Crippen molar-refractivity contribution in [3.05, 3.63) is 0 Å². The number of carbonyl (C=O) groups excluding carboxylic acids is 2. The summed E-state index contributed by atoms with van der Waals surface area (Å²) >= 11 is 0. The molecule has 0 aliphatic heterocycles. The van der Waals surface area contributed by atoms with Crippen LogP contribution in [0.2, 0.25) is 0 Å². The average molecular weight is 766 g/mol. The molecule has 54 heavy (non-hydrogen) atoms. The molecule has 0 amide bonds. The quantitative estimate of drug-likeness (QED) is 0.0492. The van der Waals surface area contributed by atoms with Gasteiger partial charge in [-0.1, -0.05) is 162 Å². The first kappa shape index (κ1) is 52.9. The van der Waals surface area contributed by atoms with E-state index in [4.69, 9.17) is 9.47 Å². The predicted octanol–water partition coefficient (Wildman–Crippen LogP) is 14.1. The monoisotopic (exact) mass is 766 g/mol. The van der Waals surface area contributed by atoms with E-state index < -0.39 is 5.41 Å². The van der Waals surface area contributed by atoms with Crippen LogP contribution in [-0.2, 0) is 19.1 Å². The van der Waals surface area contributed by atoms with Crippen molar-refractivity contribution in [2.75, 3.05) is 32.8 Å². The molecular weight excluding hydrogens is 671 g/mol. The molecule has 322 valence electrons. The van der Waals surface area contributed by atoms with E-state index in [-0.39, 0.29) is 24.6 Å². The van der Waals surface area contributed by atoms with E-state index in [9.17, 15) is 14.7 Å². The van der Waals surface area contributed by atoms with Crippen molar-refractivity contribution in [3.8, 4) is 0 Å². The maximum Gasteiger partial charge on any atom is 0.311 e. The lowest BCUT2D eigenvalue weighted by Crippen LogP contribution is -2.31. The number of esters is 2. The first-order valence-corrected chi connectivity index (χ1v) is 24.0. The van der Waals surface area contributed by atoms with Crippen LogP contribution in [0.25, 0.3) is 0 Å². The molecule has 0 aromatic rings. The van der Waals surface area contributed by atoms with Gasteiger partial charge in [0.05, 0.1) is 12.0 Å². The van der Waals surface area contributed by atoms with Gasteiger partial charge in [0.1, 0.15) is 6.10 Å². The van der Waals surface area contributed by atoms with Crippen LogP contribution < -0.4 is 0 Å². The Morgan fingerprint density at radius 3 is 1.43 bits per heavy atom. The zero-order valence-corrected chi connectivity index (χ0v) is 37.2. The Labute approximate surface area is 337 Å². The lowest BCUT2D eigenvalue weighted by atomic mass is 9.86. The van der Waals surface area contributed by atoms with Gasteiger partial charge >= 0.3 is 11.9 Å². The van der Waals surface area contributed by atoms with Crippen molar-refractivity contribution < 1.29 is 24.2 Å². The van der Waals surface area contributed by atoms with Gasteiger partial charge in [0.15, 0.2) is 0 Å². The number of rotatable bonds is 43. The summed E-state index contributed by atoms with van der Waals surface area (Å²) in [5.41, 5.74) is -0.425. The van der Waals surface area contributed by atoms with Gasteiger partial charge in [0, 0.05) is 13.0 Å². The van der Waals surface area contributed by atoms with Crippen LogP contribution in [-0.4, -0.2) is 60.9 Å². The normalized spacial score (nSPS) is 11.9. The summed E-state index contributed by atoms with van der Waals surface area (Å²) in [6, 6.07) is 0. The Bertz CT molecular complexity index is 786. The molecule has 1 N–H and O–H groups in total. The lowest BCUT2D eigenvalue weighted by molar-refractivity contribution is -0.161. The summed E-state index contributed by atoms with van der Waals surface area (Å²) in [5, 5.41) is 9.31. The first-order chi connectivity index (χ1) is 26.3. The molecule has 0 bridgehead atoms. The third-order valence-corrected chi connectivity index (χ3v) is 11.4. The van der Waals surface area contributed by atoms with Gasteiger partial charge in [0.25, 0.3) is 0 Å². The molecule has 0 radical (unpaired) electrons. The highest BCUT2D eigenvalue weighted by Crippen LogP contribution is 2.28. The zero-order chi connectivity index (χ0) is 39.8. The molecule has 0 aliphatic carbocycles. The van der Waals surface area contributed by atoms with Gasteiger partial charge in [-0.25, -0.2) is 0 Å². The van der Waals surface area contributed by atoms with Crippen LogP contribution >= 0.6 is 0 Å². The van der Waals surface area contributed by atoms with Crippen LogP contribution in [0.4, 0.5) is 0 Å². The topological polar surface area (TPSA) is 76.1 Å². The summed E-state index contributed by atoms with van der Waals surface area (Å²) < 4.78 is 11.7. The average Bonchev–Trinajstić information content (AvgIpc) is 3.15. The van der Waals surface area contributed by atoms with Crippen LogP contribution in [0, 0.1) is 5.41 Å². The maximum absolute atomic E-state index is 13.4. The number of carbonyl (C=O) groups is 2. The molecule has 0 saturated heterocycles. The van der Waals surface area contributed by atoms with Gasteiger partial charge in [-0.05, 0) is 104 Å². The van der Waals surface area contributed by atoms with Gasteiger partial charge in [0.2, 0.25) is 0 Å². The second-order valence-electron chi connectivity index (χ2n) is 17.3. The van der Waals surface area contributed by atoms with Gasteiger partial charge in [-0.2, -0.15) is 0 Å². The summed E-state index contributed by atoms with van der Waals surface area (Å²) in [6.07, 6.45) is 39.7. The fourth-order valence-electron chi connectivity index (χ4n) is 7.47. The Kier molecular flexibility index (Phi) is 39.2. The molecule has 0 heterocycles. The molecule has 0 aromatic carbocycles. The minimum atomic E-state index is -0.425. The Hall–Kier alpha value is -1.14. The van der Waals surface area contributed by atoms with E-state index in [1.54, 1.807) is 0 Å². The van der Waals surface area contributed by atoms with Crippen molar-refractivity contribution in [1.82, 2.24) is 4.90 Å². The van der Waals surface area contributed by atoms with E-state index >= 15 is 0 Å². The van der Waals surface area contributed by atoms with Crippen LogP contribution in [0.1, 0.15) is 253 Å². The summed E-state index contributed by atoms with van der Waals surface area (Å²) in [5.74, 6) is -0.00560. The molecule has 0 aromatic heterocycles. The molecule has 0 spiro atoms. The minimum absolute atomic E-state index is 0.0133. The van der Waals surface area contributed by atoms with E-state index in [0.717, 1.165) is 90.3 Å². The second kappa shape index (κ2) is 40.1. The molecule has 0 aliphatic rings. The van der Waals surface area contributed by atoms with Crippen LogP contribution in [0.15, 0.2) is 0 Å². The smallest absolute Gasteiger partial charge is 0.311 e. The zero-order valence-electron chi connectivity index (χ0n) is 37.2. The van der Waals surface area contributed by atoms with Crippen molar-refractivity contribution in [2.24, 2.45) is 5.41 Å². The number of unbranched alkanes of at least 4 members (excludes halogenated alkanes) is 24. The first-order valence-electron chi connectivity index (χ1n) is 24.0. The highest BCUT2D eigenvalue weighted by Gasteiger charge is 2.30. The Morgan fingerprint density at radius 2 is 0.926 bits per heavy atom. The number of ether oxygens (including phenoxy) is 2. The van der Waals surface area contributed by atoms with Gasteiger partial charge in [-0.15, -0.1) is 0 Å². The molecule has 0 rings (SSSR count). The third-order valence-electron chi connectivity index (χ3n) is 11.4. The number of aliphatic hydroxyl groups is 1. The highest BCUT2D eigenvalue weighted by molar-refractivity contribution is 5.76. The fraction of sp³-hybridized carbons (Fsp3) is 0.958. The second-order valence-corrected chi connectivity index (χ2v) is 17.3. The largest absolute Gasteiger partial charge is 0.466 e. The maximum atomic E-state index is 13.4. The summed E-state index contributed by atoms with van der Waals surface area (Å²) in [7, 11) is 0. The third kappa shape index (κ3) is 35.3. The molecule has 6 heteroatoms. The SMILES string of the molecule is CCCCCCCCCC(=O)OCCCCCCCN(CCCCO)CCCCCCC(C)(C)C(=O)OC(CCCCCCCC)CCCCCCCC. The Morgan fingerprint density at radius 1 is 0.519 bits per heavy atom. The number of hydrogen-bond donors (Lipinski definition) is 1. The fourth-order valence-corrected chi connectivity index (χ4v) is 7.47. The molecular formula is C48H95NO5. The number of nitrogens with zero attached hydrogens (tertiary/aromatic N) is 1. The van der Waals surface area contributed by atoms with Crippen molar-refractivity contribution in [3.63, 3.8) is 0 Å². The molecule has 0 atom stereocenters. The van der Waals surface area contributed by atoms with Crippen molar-refractivity contribution in [1.29, 1.82) is 0 Å². The van der Waals surface area contributed by atoms with E-state index in [0.29, 0.717) is 13.0 Å². The van der Waals surface area contributed by atoms with Gasteiger partial charge in [-0.3, -0.25) is 9.59 Å². The van der Waals surface area contributed by atoms with E-state index in [2.05, 4.69) is 39.5 Å². The van der Waals surface area contributed by atoms with Crippen molar-refractivity contribution in [2.45, 2.75) is 259 Å². The summed E-state index contributed by atoms with van der Waals surface area (Å²) in [6.45, 7) is 15.1. The van der Waals surface area contributed by atoms with E-state index in [1.807, 2.05) is 0 Å². The van der Waals surface area contributed by atoms with E-state index in [1.165, 1.54) is 141 Å². The Balaban J connectivity index is 4.32.